The van der Waals surface area contributed by atoms with Gasteiger partial charge in [-0.1, -0.05) is 6.07 Å². The molecule has 1 aromatic rings. The van der Waals surface area contributed by atoms with Gasteiger partial charge in [0.05, 0.1) is 10.6 Å². The average Bonchev–Trinajstić information content (AvgIpc) is 3.12. The monoisotopic (exact) mass is 313 g/mol. The first kappa shape index (κ1) is 13.4. The predicted octanol–water partition coefficient (Wildman–Crippen LogP) is 2.85. The molecule has 4 nitrogen and oxygen atoms in total. The van der Waals surface area contributed by atoms with Gasteiger partial charge in [0.25, 0.3) is 0 Å². The SMILES string of the molecule is NC(CCC(=O)O)c1ccc(OC2CC2)c(Br)c1. The number of carbonyl (C=O) groups is 1. The maximum atomic E-state index is 10.5. The van der Waals surface area contributed by atoms with Crippen LogP contribution in [0.5, 0.6) is 5.75 Å². The van der Waals surface area contributed by atoms with Crippen LogP contribution in [0.25, 0.3) is 0 Å². The van der Waals surface area contributed by atoms with Gasteiger partial charge in [-0.3, -0.25) is 4.79 Å². The summed E-state index contributed by atoms with van der Waals surface area (Å²) in [5, 5.41) is 8.63. The summed E-state index contributed by atoms with van der Waals surface area (Å²) in [4.78, 5) is 10.5. The van der Waals surface area contributed by atoms with Gasteiger partial charge in [-0.25, -0.2) is 0 Å². The molecule has 0 heterocycles. The third kappa shape index (κ3) is 3.71. The molecule has 0 aliphatic heterocycles. The van der Waals surface area contributed by atoms with Gasteiger partial charge in [0.15, 0.2) is 0 Å². The lowest BCUT2D eigenvalue weighted by Crippen LogP contribution is -2.12. The van der Waals surface area contributed by atoms with Crippen molar-refractivity contribution >= 4 is 21.9 Å². The zero-order valence-electron chi connectivity index (χ0n) is 9.93. The summed E-state index contributed by atoms with van der Waals surface area (Å²) in [7, 11) is 0. The Balaban J connectivity index is 2.00. The first-order chi connectivity index (χ1) is 8.56. The van der Waals surface area contributed by atoms with Crippen molar-refractivity contribution in [1.82, 2.24) is 0 Å². The third-order valence-electron chi connectivity index (χ3n) is 2.87. The van der Waals surface area contributed by atoms with Crippen LogP contribution in [-0.2, 0) is 4.79 Å². The van der Waals surface area contributed by atoms with E-state index in [0.29, 0.717) is 12.5 Å². The van der Waals surface area contributed by atoms with E-state index in [1.165, 1.54) is 0 Å². The van der Waals surface area contributed by atoms with Gasteiger partial charge >= 0.3 is 5.97 Å². The van der Waals surface area contributed by atoms with Gasteiger partial charge in [0.1, 0.15) is 5.75 Å². The van der Waals surface area contributed by atoms with Crippen LogP contribution in [-0.4, -0.2) is 17.2 Å². The predicted molar refractivity (Wildman–Crippen MR) is 71.6 cm³/mol. The minimum Gasteiger partial charge on any atom is -0.489 e. The van der Waals surface area contributed by atoms with Crippen LogP contribution in [0.3, 0.4) is 0 Å². The summed E-state index contributed by atoms with van der Waals surface area (Å²) < 4.78 is 6.58. The first-order valence-corrected chi connectivity index (χ1v) is 6.79. The van der Waals surface area contributed by atoms with Gasteiger partial charge in [0, 0.05) is 12.5 Å². The van der Waals surface area contributed by atoms with E-state index in [9.17, 15) is 4.79 Å². The summed E-state index contributed by atoms with van der Waals surface area (Å²) >= 11 is 3.45. The molecule has 0 radical (unpaired) electrons. The molecule has 0 saturated heterocycles. The molecule has 3 N–H and O–H groups in total. The fourth-order valence-corrected chi connectivity index (χ4v) is 2.14. The second-order valence-electron chi connectivity index (χ2n) is 4.55. The Bertz CT molecular complexity index is 446. The second-order valence-corrected chi connectivity index (χ2v) is 5.40. The van der Waals surface area contributed by atoms with Crippen molar-refractivity contribution < 1.29 is 14.6 Å². The number of hydrogen-bond acceptors (Lipinski definition) is 3. The zero-order chi connectivity index (χ0) is 13.1. The molecular weight excluding hydrogens is 298 g/mol. The highest BCUT2D eigenvalue weighted by Crippen LogP contribution is 2.33. The molecule has 5 heteroatoms. The van der Waals surface area contributed by atoms with E-state index in [1.54, 1.807) is 0 Å². The number of benzene rings is 1. The zero-order valence-corrected chi connectivity index (χ0v) is 11.5. The van der Waals surface area contributed by atoms with Crippen molar-refractivity contribution in [1.29, 1.82) is 0 Å². The summed E-state index contributed by atoms with van der Waals surface area (Å²) in [5.41, 5.74) is 6.87. The number of aliphatic carboxylic acids is 1. The van der Waals surface area contributed by atoms with Crippen molar-refractivity contribution in [3.8, 4) is 5.75 Å². The van der Waals surface area contributed by atoms with E-state index in [-0.39, 0.29) is 12.5 Å². The molecule has 1 unspecified atom stereocenters. The molecule has 0 bridgehead atoms. The summed E-state index contributed by atoms with van der Waals surface area (Å²) in [6.45, 7) is 0. The van der Waals surface area contributed by atoms with Crippen molar-refractivity contribution in [2.24, 2.45) is 5.73 Å². The molecule has 98 valence electrons. The fourth-order valence-electron chi connectivity index (χ4n) is 1.65. The number of ether oxygens (including phenoxy) is 1. The molecule has 1 aromatic carbocycles. The minimum atomic E-state index is -0.821. The number of nitrogens with two attached hydrogens (primary N) is 1. The Hall–Kier alpha value is -1.07. The van der Waals surface area contributed by atoms with Crippen LogP contribution in [0.15, 0.2) is 22.7 Å². The highest BCUT2D eigenvalue weighted by atomic mass is 79.9. The van der Waals surface area contributed by atoms with Crippen molar-refractivity contribution in [3.63, 3.8) is 0 Å². The number of rotatable bonds is 6. The first-order valence-electron chi connectivity index (χ1n) is 5.99. The van der Waals surface area contributed by atoms with E-state index in [0.717, 1.165) is 28.6 Å². The summed E-state index contributed by atoms with van der Waals surface area (Å²) in [5.74, 6) is 0.00453. The van der Waals surface area contributed by atoms with Gasteiger partial charge in [0.2, 0.25) is 0 Å². The number of halogens is 1. The van der Waals surface area contributed by atoms with Gasteiger partial charge < -0.3 is 15.6 Å². The molecule has 2 rings (SSSR count). The van der Waals surface area contributed by atoms with E-state index in [2.05, 4.69) is 15.9 Å². The standard InChI is InChI=1S/C13H16BrNO3/c14-10-7-8(11(15)4-6-13(16)17)1-5-12(10)18-9-2-3-9/h1,5,7,9,11H,2-4,6,15H2,(H,16,17). The van der Waals surface area contributed by atoms with Crippen LogP contribution in [0, 0.1) is 0 Å². The Kier molecular flexibility index (Phi) is 4.24. The highest BCUT2D eigenvalue weighted by molar-refractivity contribution is 9.10. The lowest BCUT2D eigenvalue weighted by molar-refractivity contribution is -0.137. The smallest absolute Gasteiger partial charge is 0.303 e. The molecule has 1 aliphatic carbocycles. The number of carboxylic acids is 1. The molecule has 1 aliphatic rings. The molecular formula is C13H16BrNO3. The van der Waals surface area contributed by atoms with E-state index >= 15 is 0 Å². The maximum absolute atomic E-state index is 10.5. The summed E-state index contributed by atoms with van der Waals surface area (Å²) in [6.07, 6.45) is 3.11. The van der Waals surface area contributed by atoms with E-state index in [4.69, 9.17) is 15.6 Å². The van der Waals surface area contributed by atoms with Crippen LogP contribution >= 0.6 is 15.9 Å². The van der Waals surface area contributed by atoms with Crippen molar-refractivity contribution in [2.45, 2.75) is 37.8 Å². The van der Waals surface area contributed by atoms with Crippen LogP contribution in [0.4, 0.5) is 0 Å². The molecule has 18 heavy (non-hydrogen) atoms. The molecule has 1 saturated carbocycles. The van der Waals surface area contributed by atoms with Crippen molar-refractivity contribution in [2.75, 3.05) is 0 Å². The van der Waals surface area contributed by atoms with Crippen LogP contribution < -0.4 is 10.5 Å². The van der Waals surface area contributed by atoms with E-state index < -0.39 is 5.97 Å². The average molecular weight is 314 g/mol. The largest absolute Gasteiger partial charge is 0.489 e. The number of carboxylic acid groups (broad SMARTS) is 1. The van der Waals surface area contributed by atoms with Gasteiger partial charge in [-0.2, -0.15) is 0 Å². The lowest BCUT2D eigenvalue weighted by Gasteiger charge is -2.13. The Morgan fingerprint density at radius 2 is 2.28 bits per heavy atom. The van der Waals surface area contributed by atoms with Crippen molar-refractivity contribution in [3.05, 3.63) is 28.2 Å². The molecule has 1 fully saturated rings. The fraction of sp³-hybridized carbons (Fsp3) is 0.462. The normalized spacial score (nSPS) is 16.3. The Morgan fingerprint density at radius 1 is 1.56 bits per heavy atom. The van der Waals surface area contributed by atoms with Gasteiger partial charge in [-0.15, -0.1) is 0 Å². The quantitative estimate of drug-likeness (QED) is 0.847. The van der Waals surface area contributed by atoms with Gasteiger partial charge in [-0.05, 0) is 52.9 Å². The van der Waals surface area contributed by atoms with Crippen LogP contribution in [0.2, 0.25) is 0 Å². The Morgan fingerprint density at radius 3 is 2.83 bits per heavy atom. The molecule has 1 atom stereocenters. The second kappa shape index (κ2) is 5.71. The topological polar surface area (TPSA) is 72.6 Å². The molecule has 0 spiro atoms. The maximum Gasteiger partial charge on any atom is 0.303 e. The lowest BCUT2D eigenvalue weighted by atomic mass is 10.0. The number of hydrogen-bond donors (Lipinski definition) is 2. The molecule has 0 aromatic heterocycles. The minimum absolute atomic E-state index is 0.0825. The van der Waals surface area contributed by atoms with Crippen LogP contribution in [0.1, 0.15) is 37.3 Å². The summed E-state index contributed by atoms with van der Waals surface area (Å²) in [6, 6.07) is 5.43. The third-order valence-corrected chi connectivity index (χ3v) is 3.49. The molecule has 0 amide bonds. The van der Waals surface area contributed by atoms with E-state index in [1.807, 2.05) is 18.2 Å². The Labute approximate surface area is 114 Å². The highest BCUT2D eigenvalue weighted by Gasteiger charge is 2.24.